The highest BCUT2D eigenvalue weighted by Gasteiger charge is 2.09. The van der Waals surface area contributed by atoms with Gasteiger partial charge < -0.3 is 20.1 Å². The number of nitrogens with one attached hydrogen (secondary N) is 2. The number of carbonyl (C=O) groups excluding carboxylic acids is 2. The molecule has 0 spiro atoms. The second-order valence-electron chi connectivity index (χ2n) is 6.40. The molecular weight excluding hydrogens is 436 g/mol. The Hall–Kier alpha value is -3.16. The zero-order chi connectivity index (χ0) is 22.2. The molecule has 0 heterocycles. The highest BCUT2D eigenvalue weighted by Crippen LogP contribution is 2.28. The van der Waals surface area contributed by atoms with E-state index in [1.807, 2.05) is 18.2 Å². The number of halogens is 1. The fourth-order valence-electron chi connectivity index (χ4n) is 2.70. The van der Waals surface area contributed by atoms with Crippen LogP contribution in [-0.2, 0) is 4.79 Å². The standard InChI is InChI=1S/C23H21ClN2O4S/c1-29-18-9-6-15(7-10-18)23(28)26-16-4-3-5-19(12-16)31-14-22(27)25-17-8-11-21(30-2)20(24)13-17/h3-13H,14H2,1-2H3,(H,25,27)(H,26,28). The largest absolute Gasteiger partial charge is 0.497 e. The van der Waals surface area contributed by atoms with E-state index in [2.05, 4.69) is 10.6 Å². The number of carbonyl (C=O) groups is 2. The lowest BCUT2D eigenvalue weighted by molar-refractivity contribution is -0.113. The molecular formula is C23H21ClN2O4S. The lowest BCUT2D eigenvalue weighted by Gasteiger charge is -2.09. The summed E-state index contributed by atoms with van der Waals surface area (Å²) in [5, 5.41) is 6.09. The minimum absolute atomic E-state index is 0.168. The van der Waals surface area contributed by atoms with Crippen LogP contribution in [0.1, 0.15) is 10.4 Å². The van der Waals surface area contributed by atoms with Crippen LogP contribution in [0, 0.1) is 0 Å². The molecule has 0 atom stereocenters. The first-order valence-corrected chi connectivity index (χ1v) is 10.7. The van der Waals surface area contributed by atoms with Crippen molar-refractivity contribution in [1.82, 2.24) is 0 Å². The highest BCUT2D eigenvalue weighted by molar-refractivity contribution is 8.00. The molecule has 8 heteroatoms. The van der Waals surface area contributed by atoms with Crippen LogP contribution in [-0.4, -0.2) is 31.8 Å². The fraction of sp³-hybridized carbons (Fsp3) is 0.130. The summed E-state index contributed by atoms with van der Waals surface area (Å²) in [6.07, 6.45) is 0. The summed E-state index contributed by atoms with van der Waals surface area (Å²) in [6.45, 7) is 0. The number of methoxy groups -OCH3 is 2. The number of hydrogen-bond donors (Lipinski definition) is 2. The maximum absolute atomic E-state index is 12.4. The molecule has 0 unspecified atom stereocenters. The normalized spacial score (nSPS) is 10.3. The van der Waals surface area contributed by atoms with Gasteiger partial charge in [-0.25, -0.2) is 0 Å². The molecule has 0 saturated heterocycles. The molecule has 0 aromatic heterocycles. The Morgan fingerprint density at radius 2 is 1.65 bits per heavy atom. The van der Waals surface area contributed by atoms with E-state index in [1.54, 1.807) is 55.6 Å². The molecule has 160 valence electrons. The highest BCUT2D eigenvalue weighted by atomic mass is 35.5. The van der Waals surface area contributed by atoms with E-state index in [0.29, 0.717) is 33.5 Å². The number of benzene rings is 3. The third kappa shape index (κ3) is 6.41. The number of rotatable bonds is 8. The Bertz CT molecular complexity index is 1070. The van der Waals surface area contributed by atoms with Gasteiger partial charge in [0.1, 0.15) is 11.5 Å². The lowest BCUT2D eigenvalue weighted by Crippen LogP contribution is -2.14. The smallest absolute Gasteiger partial charge is 0.255 e. The number of amides is 2. The van der Waals surface area contributed by atoms with E-state index in [4.69, 9.17) is 21.1 Å². The maximum Gasteiger partial charge on any atom is 0.255 e. The second-order valence-corrected chi connectivity index (χ2v) is 7.85. The van der Waals surface area contributed by atoms with Crippen molar-refractivity contribution in [3.8, 4) is 11.5 Å². The Kier molecular flexibility index (Phi) is 7.81. The molecule has 3 aromatic rings. The van der Waals surface area contributed by atoms with Crippen LogP contribution >= 0.6 is 23.4 Å². The second kappa shape index (κ2) is 10.7. The SMILES string of the molecule is COc1ccc(C(=O)Nc2cccc(SCC(=O)Nc3ccc(OC)c(Cl)c3)c2)cc1. The lowest BCUT2D eigenvalue weighted by atomic mass is 10.2. The van der Waals surface area contributed by atoms with Crippen LogP contribution in [0.15, 0.2) is 71.6 Å². The molecule has 0 saturated carbocycles. The van der Waals surface area contributed by atoms with E-state index in [1.165, 1.54) is 18.9 Å². The summed E-state index contributed by atoms with van der Waals surface area (Å²) in [7, 11) is 3.11. The van der Waals surface area contributed by atoms with Crippen molar-refractivity contribution in [1.29, 1.82) is 0 Å². The van der Waals surface area contributed by atoms with Crippen molar-refractivity contribution in [2.45, 2.75) is 4.90 Å². The summed E-state index contributed by atoms with van der Waals surface area (Å²) in [4.78, 5) is 25.5. The maximum atomic E-state index is 12.4. The summed E-state index contributed by atoms with van der Waals surface area (Å²) in [6, 6.07) is 19.2. The monoisotopic (exact) mass is 456 g/mol. The number of anilines is 2. The van der Waals surface area contributed by atoms with Crippen LogP contribution in [0.3, 0.4) is 0 Å². The van der Waals surface area contributed by atoms with Gasteiger partial charge in [0.15, 0.2) is 0 Å². The predicted octanol–water partition coefficient (Wildman–Crippen LogP) is 5.34. The van der Waals surface area contributed by atoms with E-state index in [9.17, 15) is 9.59 Å². The van der Waals surface area contributed by atoms with Gasteiger partial charge in [0.2, 0.25) is 5.91 Å². The molecule has 0 aliphatic rings. The Labute approximate surface area is 189 Å². The minimum Gasteiger partial charge on any atom is -0.497 e. The van der Waals surface area contributed by atoms with Gasteiger partial charge >= 0.3 is 0 Å². The van der Waals surface area contributed by atoms with Crippen molar-refractivity contribution >= 4 is 46.6 Å². The molecule has 2 amide bonds. The first-order valence-electron chi connectivity index (χ1n) is 9.30. The van der Waals surface area contributed by atoms with Gasteiger partial charge in [-0.15, -0.1) is 11.8 Å². The van der Waals surface area contributed by atoms with E-state index in [-0.39, 0.29) is 17.6 Å². The van der Waals surface area contributed by atoms with Crippen LogP contribution < -0.4 is 20.1 Å². The van der Waals surface area contributed by atoms with Gasteiger partial charge in [-0.3, -0.25) is 9.59 Å². The van der Waals surface area contributed by atoms with Crippen LogP contribution in [0.5, 0.6) is 11.5 Å². The Morgan fingerprint density at radius 3 is 2.32 bits per heavy atom. The molecule has 2 N–H and O–H groups in total. The zero-order valence-corrected chi connectivity index (χ0v) is 18.5. The van der Waals surface area contributed by atoms with Gasteiger partial charge in [0.05, 0.1) is 25.0 Å². The predicted molar refractivity (Wildman–Crippen MR) is 125 cm³/mol. The first kappa shape index (κ1) is 22.5. The van der Waals surface area contributed by atoms with Gasteiger partial charge in [0.25, 0.3) is 5.91 Å². The Balaban J connectivity index is 1.55. The molecule has 6 nitrogen and oxygen atoms in total. The van der Waals surface area contributed by atoms with Crippen molar-refractivity contribution in [3.63, 3.8) is 0 Å². The van der Waals surface area contributed by atoms with Crippen molar-refractivity contribution in [3.05, 3.63) is 77.3 Å². The summed E-state index contributed by atoms with van der Waals surface area (Å²) < 4.78 is 10.2. The quantitative estimate of drug-likeness (QED) is 0.447. The van der Waals surface area contributed by atoms with Gasteiger partial charge in [-0.2, -0.15) is 0 Å². The van der Waals surface area contributed by atoms with Gasteiger partial charge in [-0.05, 0) is 60.7 Å². The molecule has 0 aliphatic carbocycles. The van der Waals surface area contributed by atoms with E-state index in [0.717, 1.165) is 4.90 Å². The van der Waals surface area contributed by atoms with Crippen molar-refractivity contribution in [2.24, 2.45) is 0 Å². The van der Waals surface area contributed by atoms with Crippen LogP contribution in [0.2, 0.25) is 5.02 Å². The summed E-state index contributed by atoms with van der Waals surface area (Å²) >= 11 is 7.45. The zero-order valence-electron chi connectivity index (χ0n) is 17.0. The molecule has 31 heavy (non-hydrogen) atoms. The van der Waals surface area contributed by atoms with E-state index < -0.39 is 0 Å². The third-order valence-electron chi connectivity index (χ3n) is 4.25. The molecule has 0 aliphatic heterocycles. The molecule has 0 fully saturated rings. The number of ether oxygens (including phenoxy) is 2. The fourth-order valence-corrected chi connectivity index (χ4v) is 3.71. The topological polar surface area (TPSA) is 76.7 Å². The number of hydrogen-bond acceptors (Lipinski definition) is 5. The molecule has 0 bridgehead atoms. The summed E-state index contributed by atoms with van der Waals surface area (Å²) in [5.41, 5.74) is 1.77. The number of thioether (sulfide) groups is 1. The summed E-state index contributed by atoms with van der Waals surface area (Å²) in [5.74, 6) is 1.05. The van der Waals surface area contributed by atoms with E-state index >= 15 is 0 Å². The van der Waals surface area contributed by atoms with Crippen molar-refractivity contribution in [2.75, 3.05) is 30.6 Å². The van der Waals surface area contributed by atoms with Crippen LogP contribution in [0.4, 0.5) is 11.4 Å². The minimum atomic E-state index is -0.223. The first-order chi connectivity index (χ1) is 15.0. The van der Waals surface area contributed by atoms with Crippen molar-refractivity contribution < 1.29 is 19.1 Å². The Morgan fingerprint density at radius 1 is 0.903 bits per heavy atom. The van der Waals surface area contributed by atoms with Crippen LogP contribution in [0.25, 0.3) is 0 Å². The molecule has 3 aromatic carbocycles. The average Bonchev–Trinajstić information content (AvgIpc) is 2.78. The average molecular weight is 457 g/mol. The molecule has 0 radical (unpaired) electrons. The molecule has 3 rings (SSSR count). The van der Waals surface area contributed by atoms with Gasteiger partial charge in [-0.1, -0.05) is 17.7 Å². The third-order valence-corrected chi connectivity index (χ3v) is 5.54. The van der Waals surface area contributed by atoms with Gasteiger partial charge in [0, 0.05) is 21.8 Å².